The molecule has 5 nitrogen and oxygen atoms in total. The van der Waals surface area contributed by atoms with Crippen molar-refractivity contribution in [2.24, 2.45) is 17.8 Å². The predicted octanol–water partition coefficient (Wildman–Crippen LogP) is 4.80. The molecule has 2 N–H and O–H groups in total. The highest BCUT2D eigenvalue weighted by Gasteiger charge is 2.53. The number of fused-ring (bicyclic) bond motifs is 5. The number of ether oxygens (including phenoxy) is 1. The molecule has 0 saturated heterocycles. The third-order valence-electron chi connectivity index (χ3n) is 7.63. The van der Waals surface area contributed by atoms with Crippen LogP contribution in [0, 0.1) is 17.8 Å². The van der Waals surface area contributed by atoms with E-state index in [-0.39, 0.29) is 18.4 Å². The Morgan fingerprint density at radius 2 is 1.67 bits per heavy atom. The highest BCUT2D eigenvalue weighted by atomic mass is 16.5. The van der Waals surface area contributed by atoms with Crippen molar-refractivity contribution in [1.82, 2.24) is 5.32 Å². The molecule has 3 aliphatic rings. The van der Waals surface area contributed by atoms with Crippen LogP contribution in [0.3, 0.4) is 0 Å². The zero-order chi connectivity index (χ0) is 20.9. The zero-order valence-corrected chi connectivity index (χ0v) is 17.1. The summed E-state index contributed by atoms with van der Waals surface area (Å²) < 4.78 is 5.61. The molecule has 2 aromatic carbocycles. The summed E-state index contributed by atoms with van der Waals surface area (Å²) in [4.78, 5) is 24.8. The molecule has 0 radical (unpaired) electrons. The van der Waals surface area contributed by atoms with Crippen LogP contribution in [-0.4, -0.2) is 29.3 Å². The predicted molar refractivity (Wildman–Crippen MR) is 113 cm³/mol. The average molecular weight is 405 g/mol. The van der Waals surface area contributed by atoms with Crippen LogP contribution in [0.2, 0.25) is 0 Å². The van der Waals surface area contributed by atoms with Gasteiger partial charge in [-0.2, -0.15) is 0 Å². The number of rotatable bonds is 5. The van der Waals surface area contributed by atoms with Crippen molar-refractivity contribution in [2.45, 2.75) is 44.1 Å². The maximum Gasteiger partial charge on any atom is 0.408 e. The Morgan fingerprint density at radius 3 is 2.20 bits per heavy atom. The lowest BCUT2D eigenvalue weighted by molar-refractivity contribution is -0.147. The van der Waals surface area contributed by atoms with Crippen molar-refractivity contribution < 1.29 is 19.4 Å². The van der Waals surface area contributed by atoms with Crippen molar-refractivity contribution in [3.63, 3.8) is 0 Å². The standard InChI is InChI=1S/C25H27NO4/c1-25(23(27)28,22-13-15-10-11-16(22)12-15)26-24(29)30-14-21-19-8-4-2-6-17(19)18-7-3-5-9-20(18)21/h2-9,15-16,21-22H,10-14H2,1H3,(H,26,29)(H,27,28). The van der Waals surface area contributed by atoms with Gasteiger partial charge in [-0.05, 0) is 66.2 Å². The summed E-state index contributed by atoms with van der Waals surface area (Å²) in [6.07, 6.45) is 3.55. The molecule has 5 heteroatoms. The van der Waals surface area contributed by atoms with E-state index in [1.165, 1.54) is 17.5 Å². The highest BCUT2D eigenvalue weighted by Crippen LogP contribution is 2.52. The second kappa shape index (κ2) is 7.15. The van der Waals surface area contributed by atoms with Gasteiger partial charge in [0.05, 0.1) is 0 Å². The van der Waals surface area contributed by atoms with Gasteiger partial charge in [0.15, 0.2) is 0 Å². The first-order valence-corrected chi connectivity index (χ1v) is 10.8. The van der Waals surface area contributed by atoms with Crippen molar-refractivity contribution in [3.05, 3.63) is 59.7 Å². The van der Waals surface area contributed by atoms with E-state index in [1.54, 1.807) is 6.92 Å². The summed E-state index contributed by atoms with van der Waals surface area (Å²) in [5.41, 5.74) is 3.32. The highest BCUT2D eigenvalue weighted by molar-refractivity contribution is 5.84. The Balaban J connectivity index is 1.31. The summed E-state index contributed by atoms with van der Waals surface area (Å²) in [5.74, 6) is -0.0718. The van der Waals surface area contributed by atoms with Gasteiger partial charge in [0.1, 0.15) is 12.1 Å². The number of hydrogen-bond acceptors (Lipinski definition) is 3. The van der Waals surface area contributed by atoms with Crippen LogP contribution in [0.1, 0.15) is 49.7 Å². The SMILES string of the molecule is CC(NC(=O)OCC1c2ccccc2-c2ccccc21)(C(=O)O)C1CC2CCC1C2. The lowest BCUT2D eigenvalue weighted by Gasteiger charge is -2.37. The molecule has 0 heterocycles. The van der Waals surface area contributed by atoms with Crippen LogP contribution in [0.5, 0.6) is 0 Å². The van der Waals surface area contributed by atoms with Crippen LogP contribution in [0.15, 0.2) is 48.5 Å². The van der Waals surface area contributed by atoms with E-state index in [4.69, 9.17) is 4.74 Å². The van der Waals surface area contributed by atoms with Crippen LogP contribution in [0.4, 0.5) is 4.79 Å². The number of aliphatic carboxylic acids is 1. The second-order valence-electron chi connectivity index (χ2n) is 9.24. The third kappa shape index (κ3) is 2.99. The zero-order valence-electron chi connectivity index (χ0n) is 17.1. The quantitative estimate of drug-likeness (QED) is 0.749. The van der Waals surface area contributed by atoms with Gasteiger partial charge in [-0.1, -0.05) is 55.0 Å². The van der Waals surface area contributed by atoms with E-state index in [1.807, 2.05) is 24.3 Å². The summed E-state index contributed by atoms with van der Waals surface area (Å²) in [7, 11) is 0. The molecule has 5 rings (SSSR count). The molecule has 0 spiro atoms. The Bertz CT molecular complexity index is 957. The summed E-state index contributed by atoms with van der Waals surface area (Å²) in [6.45, 7) is 1.83. The number of carboxylic acids is 1. The normalized spacial score (nSPS) is 26.0. The van der Waals surface area contributed by atoms with Gasteiger partial charge < -0.3 is 15.2 Å². The van der Waals surface area contributed by atoms with Crippen LogP contribution >= 0.6 is 0 Å². The van der Waals surface area contributed by atoms with Crippen LogP contribution in [-0.2, 0) is 9.53 Å². The average Bonchev–Trinajstić information content (AvgIpc) is 3.45. The largest absolute Gasteiger partial charge is 0.480 e. The van der Waals surface area contributed by atoms with Crippen LogP contribution < -0.4 is 5.32 Å². The number of nitrogens with one attached hydrogen (secondary N) is 1. The number of amides is 1. The number of carboxylic acid groups (broad SMARTS) is 1. The molecule has 156 valence electrons. The molecular weight excluding hydrogens is 378 g/mol. The fraction of sp³-hybridized carbons (Fsp3) is 0.440. The van der Waals surface area contributed by atoms with E-state index in [9.17, 15) is 14.7 Å². The first-order chi connectivity index (χ1) is 14.5. The minimum atomic E-state index is -1.29. The monoisotopic (exact) mass is 405 g/mol. The fourth-order valence-corrected chi connectivity index (χ4v) is 6.10. The minimum absolute atomic E-state index is 0.0331. The van der Waals surface area contributed by atoms with Crippen LogP contribution in [0.25, 0.3) is 11.1 Å². The molecule has 4 unspecified atom stereocenters. The second-order valence-corrected chi connectivity index (χ2v) is 9.24. The molecule has 2 fully saturated rings. The maximum absolute atomic E-state index is 12.7. The Labute approximate surface area is 176 Å². The van der Waals surface area contributed by atoms with Gasteiger partial charge in [-0.25, -0.2) is 9.59 Å². The summed E-state index contributed by atoms with van der Waals surface area (Å²) >= 11 is 0. The lowest BCUT2D eigenvalue weighted by Crippen LogP contribution is -2.58. The molecule has 2 aromatic rings. The van der Waals surface area contributed by atoms with Crippen molar-refractivity contribution in [2.75, 3.05) is 6.61 Å². The lowest BCUT2D eigenvalue weighted by atomic mass is 9.75. The van der Waals surface area contributed by atoms with E-state index in [2.05, 4.69) is 29.6 Å². The van der Waals surface area contributed by atoms with Gasteiger partial charge in [0.25, 0.3) is 0 Å². The van der Waals surface area contributed by atoms with E-state index >= 15 is 0 Å². The van der Waals surface area contributed by atoms with Crippen molar-refractivity contribution in [3.8, 4) is 11.1 Å². The number of benzene rings is 2. The van der Waals surface area contributed by atoms with Gasteiger partial charge in [-0.15, -0.1) is 0 Å². The van der Waals surface area contributed by atoms with E-state index < -0.39 is 17.6 Å². The van der Waals surface area contributed by atoms with E-state index in [0.717, 1.165) is 30.4 Å². The fourth-order valence-electron chi connectivity index (χ4n) is 6.10. The maximum atomic E-state index is 12.7. The summed E-state index contributed by atoms with van der Waals surface area (Å²) in [5, 5.41) is 12.7. The van der Waals surface area contributed by atoms with Gasteiger partial charge >= 0.3 is 12.1 Å². The Hall–Kier alpha value is -2.82. The van der Waals surface area contributed by atoms with Gasteiger partial charge in [0, 0.05) is 5.92 Å². The molecular formula is C25H27NO4. The molecule has 2 saturated carbocycles. The Morgan fingerprint density at radius 1 is 1.03 bits per heavy atom. The van der Waals surface area contributed by atoms with Crippen molar-refractivity contribution in [1.29, 1.82) is 0 Å². The first-order valence-electron chi connectivity index (χ1n) is 10.8. The smallest absolute Gasteiger partial charge is 0.408 e. The van der Waals surface area contributed by atoms with Gasteiger partial charge in [0.2, 0.25) is 0 Å². The van der Waals surface area contributed by atoms with E-state index in [0.29, 0.717) is 11.8 Å². The molecule has 0 aliphatic heterocycles. The topological polar surface area (TPSA) is 75.6 Å². The van der Waals surface area contributed by atoms with Gasteiger partial charge in [-0.3, -0.25) is 0 Å². The minimum Gasteiger partial charge on any atom is -0.480 e. The Kier molecular flexibility index (Phi) is 4.57. The molecule has 1 amide bonds. The summed E-state index contributed by atoms with van der Waals surface area (Å²) in [6, 6.07) is 16.3. The number of alkyl carbamates (subject to hydrolysis) is 1. The third-order valence-corrected chi connectivity index (χ3v) is 7.63. The molecule has 30 heavy (non-hydrogen) atoms. The number of hydrogen-bond donors (Lipinski definition) is 2. The van der Waals surface area contributed by atoms with Crippen molar-refractivity contribution >= 4 is 12.1 Å². The number of carbonyl (C=O) groups excluding carboxylic acids is 1. The molecule has 4 atom stereocenters. The number of carbonyl (C=O) groups is 2. The molecule has 3 aliphatic carbocycles. The first kappa shape index (κ1) is 19.2. The molecule has 2 bridgehead atoms. The molecule has 0 aromatic heterocycles.